The molecule has 0 spiro atoms. The maximum atomic E-state index is 13.1. The van der Waals surface area contributed by atoms with Crippen molar-refractivity contribution >= 4 is 17.4 Å². The average molecular weight is 340 g/mol. The first-order valence-electron chi connectivity index (χ1n) is 7.27. The fourth-order valence-corrected chi connectivity index (χ4v) is 2.22. The molecule has 1 heterocycles. The topological polar surface area (TPSA) is 57.0 Å². The van der Waals surface area contributed by atoms with Gasteiger partial charge in [0.1, 0.15) is 31.1 Å². The van der Waals surface area contributed by atoms with Gasteiger partial charge in [0.05, 0.1) is 12.0 Å². The quantitative estimate of drug-likeness (QED) is 0.738. The molecule has 124 valence electrons. The first-order chi connectivity index (χ1) is 10.9. The molecule has 0 amide bonds. The Bertz CT molecular complexity index is 629. The molecule has 0 saturated heterocycles. The number of carbonyl (C=O) groups is 1. The van der Waals surface area contributed by atoms with Crippen molar-refractivity contribution in [2.24, 2.45) is 5.41 Å². The van der Waals surface area contributed by atoms with Gasteiger partial charge >= 0.3 is 0 Å². The van der Waals surface area contributed by atoms with Crippen LogP contribution in [0, 0.1) is 5.41 Å². The van der Waals surface area contributed by atoms with E-state index in [1.54, 1.807) is 38.1 Å². The zero-order valence-corrected chi connectivity index (χ0v) is 13.8. The van der Waals surface area contributed by atoms with E-state index in [1.165, 1.54) is 17.3 Å². The number of rotatable bonds is 8. The minimum Gasteiger partial charge on any atom is -0.494 e. The van der Waals surface area contributed by atoms with Crippen LogP contribution in [-0.2, 0) is 4.79 Å². The number of hydrogen-bond acceptors (Lipinski definition) is 4. The van der Waals surface area contributed by atoms with Crippen molar-refractivity contribution in [1.29, 1.82) is 0 Å². The van der Waals surface area contributed by atoms with Crippen LogP contribution in [0.15, 0.2) is 36.9 Å². The monoisotopic (exact) mass is 339 g/mol. The van der Waals surface area contributed by atoms with E-state index in [1.807, 2.05) is 0 Å². The van der Waals surface area contributed by atoms with E-state index in [0.717, 1.165) is 0 Å². The number of nitrogens with zero attached hydrogens (tertiary/aromatic N) is 3. The third-order valence-corrected chi connectivity index (χ3v) is 3.79. The van der Waals surface area contributed by atoms with E-state index in [4.69, 9.17) is 16.3 Å². The van der Waals surface area contributed by atoms with Crippen molar-refractivity contribution in [1.82, 2.24) is 14.8 Å². The van der Waals surface area contributed by atoms with Crippen LogP contribution in [0.5, 0.6) is 5.75 Å². The molecule has 0 saturated carbocycles. The van der Waals surface area contributed by atoms with Gasteiger partial charge in [-0.1, -0.05) is 25.4 Å². The highest BCUT2D eigenvalue weighted by Crippen LogP contribution is 2.27. The largest absolute Gasteiger partial charge is 0.494 e. The molecule has 23 heavy (non-hydrogen) atoms. The van der Waals surface area contributed by atoms with Gasteiger partial charge in [-0.05, 0) is 24.3 Å². The van der Waals surface area contributed by atoms with Gasteiger partial charge in [0.25, 0.3) is 0 Å². The summed E-state index contributed by atoms with van der Waals surface area (Å²) < 4.78 is 20.2. The van der Waals surface area contributed by atoms with Crippen LogP contribution in [0.3, 0.4) is 0 Å². The fourth-order valence-electron chi connectivity index (χ4n) is 2.10. The minimum absolute atomic E-state index is 0.231. The molecular weight excluding hydrogens is 321 g/mol. The lowest BCUT2D eigenvalue weighted by Gasteiger charge is -2.25. The summed E-state index contributed by atoms with van der Waals surface area (Å²) in [5.74, 6) is 0.425. The fraction of sp³-hybridized carbons (Fsp3) is 0.438. The Kier molecular flexibility index (Phi) is 5.71. The molecular formula is C16H19ClFN3O2. The number of carbonyl (C=O) groups excluding carboxylic acids is 1. The molecule has 1 atom stereocenters. The predicted octanol–water partition coefficient (Wildman–Crippen LogP) is 3.51. The Morgan fingerprint density at radius 3 is 2.65 bits per heavy atom. The van der Waals surface area contributed by atoms with Gasteiger partial charge in [0.2, 0.25) is 0 Å². The summed E-state index contributed by atoms with van der Waals surface area (Å²) in [4.78, 5) is 16.4. The summed E-state index contributed by atoms with van der Waals surface area (Å²) in [7, 11) is 0. The van der Waals surface area contributed by atoms with Crippen molar-refractivity contribution in [3.8, 4) is 5.75 Å². The van der Waals surface area contributed by atoms with Gasteiger partial charge < -0.3 is 4.74 Å². The number of ether oxygens (including phenoxy) is 1. The zero-order chi connectivity index (χ0) is 16.9. The Morgan fingerprint density at radius 2 is 2.09 bits per heavy atom. The van der Waals surface area contributed by atoms with Gasteiger partial charge in [0, 0.05) is 11.4 Å². The number of Topliss-reactive ketones (excluding diaryl/α,β-unsaturated/α-hetero) is 1. The average Bonchev–Trinajstić information content (AvgIpc) is 3.07. The van der Waals surface area contributed by atoms with Gasteiger partial charge in [-0.2, -0.15) is 5.10 Å². The molecule has 0 aliphatic heterocycles. The zero-order valence-electron chi connectivity index (χ0n) is 13.1. The lowest BCUT2D eigenvalue weighted by atomic mass is 9.84. The number of ketones is 1. The lowest BCUT2D eigenvalue weighted by molar-refractivity contribution is -0.132. The van der Waals surface area contributed by atoms with Gasteiger partial charge in [-0.3, -0.25) is 9.18 Å². The Balaban J connectivity index is 2.04. The van der Waals surface area contributed by atoms with E-state index in [9.17, 15) is 9.18 Å². The molecule has 0 aliphatic rings. The number of alkyl halides is 1. The lowest BCUT2D eigenvalue weighted by Crippen LogP contribution is -2.35. The minimum atomic E-state index is -1.07. The highest BCUT2D eigenvalue weighted by molar-refractivity contribution is 6.30. The van der Waals surface area contributed by atoms with Gasteiger partial charge in [-0.25, -0.2) is 9.67 Å². The molecule has 0 aliphatic carbocycles. The Hall–Kier alpha value is -1.95. The van der Waals surface area contributed by atoms with Crippen LogP contribution in [0.2, 0.25) is 5.02 Å². The number of halogens is 2. The predicted molar refractivity (Wildman–Crippen MR) is 85.4 cm³/mol. The molecule has 0 bridgehead atoms. The van der Waals surface area contributed by atoms with Gasteiger partial charge in [0.15, 0.2) is 5.78 Å². The third kappa shape index (κ3) is 4.51. The SMILES string of the molecule is CC(C)(CF)C(=O)C(CCOc1ccc(Cl)cc1)n1cncn1. The second-order valence-corrected chi connectivity index (χ2v) is 6.30. The number of aromatic nitrogens is 3. The highest BCUT2D eigenvalue weighted by Gasteiger charge is 2.35. The van der Waals surface area contributed by atoms with Crippen molar-refractivity contribution < 1.29 is 13.9 Å². The van der Waals surface area contributed by atoms with E-state index in [-0.39, 0.29) is 5.78 Å². The molecule has 1 aromatic heterocycles. The molecule has 1 unspecified atom stereocenters. The molecule has 7 heteroatoms. The summed E-state index contributed by atoms with van der Waals surface area (Å²) in [5.41, 5.74) is -1.07. The first kappa shape index (κ1) is 17.4. The summed E-state index contributed by atoms with van der Waals surface area (Å²) in [5, 5.41) is 4.63. The van der Waals surface area contributed by atoms with Crippen LogP contribution < -0.4 is 4.74 Å². The van der Waals surface area contributed by atoms with Crippen molar-refractivity contribution in [2.75, 3.05) is 13.3 Å². The number of benzene rings is 1. The Labute approximate surface area is 139 Å². The van der Waals surface area contributed by atoms with Crippen LogP contribution in [0.25, 0.3) is 0 Å². The molecule has 5 nitrogen and oxygen atoms in total. The van der Waals surface area contributed by atoms with Crippen LogP contribution in [0.1, 0.15) is 26.3 Å². The third-order valence-electron chi connectivity index (χ3n) is 3.53. The van der Waals surface area contributed by atoms with Gasteiger partial charge in [-0.15, -0.1) is 0 Å². The highest BCUT2D eigenvalue weighted by atomic mass is 35.5. The summed E-state index contributed by atoms with van der Waals surface area (Å²) >= 11 is 5.82. The summed E-state index contributed by atoms with van der Waals surface area (Å²) in [6, 6.07) is 6.34. The van der Waals surface area contributed by atoms with Crippen molar-refractivity contribution in [3.63, 3.8) is 0 Å². The first-order valence-corrected chi connectivity index (χ1v) is 7.64. The van der Waals surface area contributed by atoms with Crippen LogP contribution in [-0.4, -0.2) is 33.8 Å². The Morgan fingerprint density at radius 1 is 1.39 bits per heavy atom. The van der Waals surface area contributed by atoms with Crippen LogP contribution in [0.4, 0.5) is 4.39 Å². The molecule has 0 fully saturated rings. The molecule has 2 aromatic rings. The molecule has 1 aromatic carbocycles. The molecule has 0 N–H and O–H groups in total. The normalized spacial score (nSPS) is 12.9. The molecule has 0 radical (unpaired) electrons. The van der Waals surface area contributed by atoms with Crippen LogP contribution >= 0.6 is 11.6 Å². The summed E-state index contributed by atoms with van der Waals surface area (Å²) in [6.07, 6.45) is 3.18. The van der Waals surface area contributed by atoms with E-state index in [0.29, 0.717) is 23.8 Å². The molecule has 2 rings (SSSR count). The second kappa shape index (κ2) is 7.55. The van der Waals surface area contributed by atoms with E-state index >= 15 is 0 Å². The standard InChI is InChI=1S/C16H19ClFN3O2/c1-16(2,9-18)15(22)14(21-11-19-10-20-21)7-8-23-13-5-3-12(17)4-6-13/h3-6,10-11,14H,7-9H2,1-2H3. The van der Waals surface area contributed by atoms with Crippen molar-refractivity contribution in [2.45, 2.75) is 26.3 Å². The number of hydrogen-bond donors (Lipinski definition) is 0. The smallest absolute Gasteiger partial charge is 0.165 e. The maximum Gasteiger partial charge on any atom is 0.165 e. The second-order valence-electron chi connectivity index (χ2n) is 5.86. The summed E-state index contributed by atoms with van der Waals surface area (Å²) in [6.45, 7) is 2.73. The maximum absolute atomic E-state index is 13.1. The van der Waals surface area contributed by atoms with E-state index in [2.05, 4.69) is 10.1 Å². The van der Waals surface area contributed by atoms with E-state index < -0.39 is 18.1 Å². The van der Waals surface area contributed by atoms with Crippen molar-refractivity contribution in [3.05, 3.63) is 41.9 Å².